The van der Waals surface area contributed by atoms with Crippen LogP contribution in [0.1, 0.15) is 24.5 Å². The highest BCUT2D eigenvalue weighted by Crippen LogP contribution is 2.11. The molecule has 26 heavy (non-hydrogen) atoms. The van der Waals surface area contributed by atoms with E-state index in [0.717, 1.165) is 11.8 Å². The van der Waals surface area contributed by atoms with Crippen LogP contribution in [0.4, 0.5) is 9.59 Å². The van der Waals surface area contributed by atoms with Gasteiger partial charge in [0.15, 0.2) is 36.3 Å². The normalized spacial score (nSPS) is 10.5. The zero-order valence-electron chi connectivity index (χ0n) is 13.8. The molecule has 0 bridgehead atoms. The Morgan fingerprint density at radius 3 is 2.00 bits per heavy atom. The van der Waals surface area contributed by atoms with Gasteiger partial charge in [0.1, 0.15) is 0 Å². The number of ether oxygens (including phenoxy) is 2. The number of hydrogen-bond donors (Lipinski definition) is 1. The van der Waals surface area contributed by atoms with E-state index >= 15 is 0 Å². The summed E-state index contributed by atoms with van der Waals surface area (Å²) in [5.74, 6) is -0.806. The number of carbonyl (C=O) groups is 2. The molecule has 1 N–H and O–H groups in total. The first-order valence-corrected chi connectivity index (χ1v) is 8.22. The van der Waals surface area contributed by atoms with Crippen molar-refractivity contribution in [1.82, 2.24) is 5.32 Å². The van der Waals surface area contributed by atoms with E-state index in [1.54, 1.807) is 0 Å². The largest absolute Gasteiger partial charge is 0.519 e. The SMILES string of the molecule is Cc1oc(=O)oc1COC(=O)NCCSC(=O)OCc1oc(=O)oc1C.[HH]. The molecular formula is C14H17NO10S. The zero-order chi connectivity index (χ0) is 19.1. The number of thioether (sulfide) groups is 1. The summed E-state index contributed by atoms with van der Waals surface area (Å²) in [6.45, 7) is 2.65. The third-order valence-electron chi connectivity index (χ3n) is 2.92. The van der Waals surface area contributed by atoms with Crippen LogP contribution in [0.3, 0.4) is 0 Å². The van der Waals surface area contributed by atoms with Crippen molar-refractivity contribution in [3.8, 4) is 0 Å². The van der Waals surface area contributed by atoms with Gasteiger partial charge in [0.05, 0.1) is 0 Å². The predicted molar refractivity (Wildman–Crippen MR) is 86.9 cm³/mol. The summed E-state index contributed by atoms with van der Waals surface area (Å²) < 4.78 is 28.3. The monoisotopic (exact) mass is 391 g/mol. The lowest BCUT2D eigenvalue weighted by Gasteiger charge is -2.05. The van der Waals surface area contributed by atoms with Gasteiger partial charge < -0.3 is 32.5 Å². The summed E-state index contributed by atoms with van der Waals surface area (Å²) >= 11 is 0.814. The fraction of sp³-hybridized carbons (Fsp3) is 0.429. The maximum absolute atomic E-state index is 11.5. The van der Waals surface area contributed by atoms with Gasteiger partial charge in [-0.2, -0.15) is 0 Å². The van der Waals surface area contributed by atoms with Crippen LogP contribution >= 0.6 is 11.8 Å². The first-order valence-electron chi connectivity index (χ1n) is 7.24. The van der Waals surface area contributed by atoms with Crippen molar-refractivity contribution >= 4 is 23.2 Å². The summed E-state index contributed by atoms with van der Waals surface area (Å²) in [5, 5.41) is 1.79. The van der Waals surface area contributed by atoms with E-state index in [4.69, 9.17) is 9.47 Å². The lowest BCUT2D eigenvalue weighted by molar-refractivity contribution is 0.131. The molecule has 0 aliphatic heterocycles. The summed E-state index contributed by atoms with van der Waals surface area (Å²) in [6.07, 6.45) is -0.752. The fourth-order valence-corrected chi connectivity index (χ4v) is 2.16. The molecule has 144 valence electrons. The lowest BCUT2D eigenvalue weighted by atomic mass is 10.4. The number of carbonyl (C=O) groups excluding carboxylic acids is 2. The van der Waals surface area contributed by atoms with Gasteiger partial charge in [0, 0.05) is 13.7 Å². The van der Waals surface area contributed by atoms with Crippen LogP contribution in [0.25, 0.3) is 0 Å². The maximum Gasteiger partial charge on any atom is 0.519 e. The average molecular weight is 391 g/mol. The van der Waals surface area contributed by atoms with Crippen LogP contribution in [0, 0.1) is 13.8 Å². The third-order valence-corrected chi connectivity index (χ3v) is 3.68. The molecule has 0 radical (unpaired) electrons. The van der Waals surface area contributed by atoms with Crippen LogP contribution < -0.4 is 17.0 Å². The second kappa shape index (κ2) is 8.99. The fourth-order valence-electron chi connectivity index (χ4n) is 1.65. The van der Waals surface area contributed by atoms with Gasteiger partial charge in [0.2, 0.25) is 0 Å². The van der Waals surface area contributed by atoms with Crippen molar-refractivity contribution in [2.24, 2.45) is 0 Å². The Labute approximate surface area is 151 Å². The lowest BCUT2D eigenvalue weighted by Crippen LogP contribution is -2.26. The van der Waals surface area contributed by atoms with E-state index in [0.29, 0.717) is 0 Å². The number of nitrogens with one attached hydrogen (secondary N) is 1. The molecule has 0 saturated heterocycles. The highest BCUT2D eigenvalue weighted by Gasteiger charge is 2.13. The second-order valence-corrected chi connectivity index (χ2v) is 5.79. The molecule has 11 nitrogen and oxygen atoms in total. The van der Waals surface area contributed by atoms with Crippen LogP contribution in [0.15, 0.2) is 27.3 Å². The molecular weight excluding hydrogens is 374 g/mol. The van der Waals surface area contributed by atoms with E-state index in [-0.39, 0.29) is 50.0 Å². The minimum atomic E-state index is -0.874. The van der Waals surface area contributed by atoms with Gasteiger partial charge in [-0.3, -0.25) is 0 Å². The molecule has 12 heteroatoms. The number of alkyl carbamates (subject to hydrolysis) is 1. The zero-order valence-corrected chi connectivity index (χ0v) is 14.6. The molecule has 0 aromatic carbocycles. The van der Waals surface area contributed by atoms with E-state index < -0.39 is 23.0 Å². The smallest absolute Gasteiger partial charge is 0.449 e. The van der Waals surface area contributed by atoms with Crippen LogP contribution in [-0.4, -0.2) is 23.7 Å². The van der Waals surface area contributed by atoms with Gasteiger partial charge >= 0.3 is 23.0 Å². The predicted octanol–water partition coefficient (Wildman–Crippen LogP) is 1.94. The Kier molecular flexibility index (Phi) is 6.72. The van der Waals surface area contributed by atoms with Crippen molar-refractivity contribution in [1.29, 1.82) is 0 Å². The number of rotatable bonds is 7. The first kappa shape index (κ1) is 19.4. The molecule has 0 saturated carbocycles. The molecule has 0 unspecified atom stereocenters. The molecule has 0 spiro atoms. The van der Waals surface area contributed by atoms with Crippen molar-refractivity contribution in [3.63, 3.8) is 0 Å². The topological polar surface area (TPSA) is 151 Å². The Bertz CT molecular complexity index is 807. The molecule has 2 aromatic rings. The van der Waals surface area contributed by atoms with Crippen molar-refractivity contribution < 1.29 is 38.2 Å². The van der Waals surface area contributed by atoms with E-state index in [1.165, 1.54) is 13.8 Å². The van der Waals surface area contributed by atoms with Crippen molar-refractivity contribution in [2.45, 2.75) is 27.1 Å². The first-order chi connectivity index (χ1) is 12.3. The molecule has 2 heterocycles. The van der Waals surface area contributed by atoms with Gasteiger partial charge in [-0.05, 0) is 25.6 Å². The quantitative estimate of drug-likeness (QED) is 0.544. The summed E-state index contributed by atoms with van der Waals surface area (Å²) in [5.41, 5.74) is 0. The summed E-state index contributed by atoms with van der Waals surface area (Å²) in [4.78, 5) is 44.7. The number of aryl methyl sites for hydroxylation is 2. The third kappa shape index (κ3) is 5.88. The summed E-state index contributed by atoms with van der Waals surface area (Å²) in [7, 11) is 0. The Morgan fingerprint density at radius 1 is 0.962 bits per heavy atom. The number of amides is 1. The van der Waals surface area contributed by atoms with Crippen LogP contribution in [0.2, 0.25) is 0 Å². The minimum absolute atomic E-state index is 0. The van der Waals surface area contributed by atoms with Crippen LogP contribution in [-0.2, 0) is 22.7 Å². The number of hydrogen-bond acceptors (Lipinski definition) is 11. The molecule has 0 aliphatic rings. The van der Waals surface area contributed by atoms with Gasteiger partial charge in [-0.15, -0.1) is 0 Å². The van der Waals surface area contributed by atoms with E-state index in [1.807, 2.05) is 0 Å². The van der Waals surface area contributed by atoms with Gasteiger partial charge in [0.25, 0.3) is 0 Å². The van der Waals surface area contributed by atoms with Crippen LogP contribution in [0.5, 0.6) is 0 Å². The molecule has 0 atom stereocenters. The Hall–Kier alpha value is -2.89. The Morgan fingerprint density at radius 2 is 1.50 bits per heavy atom. The molecule has 0 fully saturated rings. The highest BCUT2D eigenvalue weighted by atomic mass is 32.2. The van der Waals surface area contributed by atoms with Gasteiger partial charge in [-0.1, -0.05) is 0 Å². The average Bonchev–Trinajstić information content (AvgIpc) is 3.07. The highest BCUT2D eigenvalue weighted by molar-refractivity contribution is 8.13. The van der Waals surface area contributed by atoms with Crippen molar-refractivity contribution in [2.75, 3.05) is 12.3 Å². The molecule has 2 aromatic heterocycles. The molecule has 2 rings (SSSR count). The Balaban J connectivity index is 0.00000364. The van der Waals surface area contributed by atoms with E-state index in [2.05, 4.69) is 23.0 Å². The molecule has 0 aliphatic carbocycles. The van der Waals surface area contributed by atoms with Crippen molar-refractivity contribution in [3.05, 3.63) is 44.3 Å². The minimum Gasteiger partial charge on any atom is -0.449 e. The standard InChI is InChI=1S/C14H15NO10S.H2/c1-7-9(24-12(17)22-7)5-20-11(16)15-3-4-26-14(19)21-6-10-8(2)23-13(18)25-10;/h3-6H2,1-2H3,(H,15,16);1H. The van der Waals surface area contributed by atoms with Gasteiger partial charge in [-0.25, -0.2) is 19.2 Å². The molecule has 1 amide bonds. The summed E-state index contributed by atoms with van der Waals surface area (Å²) in [6, 6.07) is 0. The second-order valence-electron chi connectivity index (χ2n) is 4.76. The van der Waals surface area contributed by atoms with E-state index in [9.17, 15) is 19.2 Å². The maximum atomic E-state index is 11.5.